The Labute approximate surface area is 131 Å². The van der Waals surface area contributed by atoms with Crippen LogP contribution in [-0.4, -0.2) is 20.4 Å². The zero-order chi connectivity index (χ0) is 13.2. The van der Waals surface area contributed by atoms with Gasteiger partial charge in [0.1, 0.15) is 0 Å². The predicted molar refractivity (Wildman–Crippen MR) is 86.1 cm³/mol. The molecule has 0 aliphatic rings. The van der Waals surface area contributed by atoms with Crippen molar-refractivity contribution in [2.24, 2.45) is 0 Å². The SMILES string of the molecule is Cl/C(=C/c1[te]c2ccccc2c1Cl)c1ccccc1. The Morgan fingerprint density at radius 2 is 1.63 bits per heavy atom. The molecule has 0 atom stereocenters. The van der Waals surface area contributed by atoms with E-state index in [1.807, 2.05) is 42.5 Å². The zero-order valence-electron chi connectivity index (χ0n) is 9.94. The predicted octanol–water partition coefficient (Wildman–Crippen LogP) is 5.29. The molecule has 1 aromatic heterocycles. The number of fused-ring (bicyclic) bond motifs is 1. The molecule has 1 heterocycles. The van der Waals surface area contributed by atoms with Crippen LogP contribution in [0.1, 0.15) is 9.14 Å². The Hall–Kier alpha value is -0.710. The molecule has 0 spiro atoms. The van der Waals surface area contributed by atoms with Gasteiger partial charge in [0.25, 0.3) is 0 Å². The van der Waals surface area contributed by atoms with E-state index in [4.69, 9.17) is 23.2 Å². The monoisotopic (exact) mass is 402 g/mol. The van der Waals surface area contributed by atoms with Crippen molar-refractivity contribution >= 4 is 63.5 Å². The normalized spacial score (nSPS) is 12.0. The fraction of sp³-hybridized carbons (Fsp3) is 0. The molecule has 3 heteroatoms. The molecule has 0 unspecified atom stereocenters. The van der Waals surface area contributed by atoms with Crippen LogP contribution in [0, 0.1) is 0 Å². The van der Waals surface area contributed by atoms with Gasteiger partial charge in [-0.25, -0.2) is 0 Å². The van der Waals surface area contributed by atoms with Crippen molar-refractivity contribution in [1.29, 1.82) is 0 Å². The molecule has 19 heavy (non-hydrogen) atoms. The summed E-state index contributed by atoms with van der Waals surface area (Å²) in [4.78, 5) is 0. The summed E-state index contributed by atoms with van der Waals surface area (Å²) >= 11 is 12.4. The molecule has 0 saturated carbocycles. The quantitative estimate of drug-likeness (QED) is 0.513. The zero-order valence-corrected chi connectivity index (χ0v) is 13.8. The molecule has 0 amide bonds. The summed E-state index contributed by atoms with van der Waals surface area (Å²) in [5.41, 5.74) is 1.03. The van der Waals surface area contributed by atoms with E-state index in [9.17, 15) is 0 Å². The van der Waals surface area contributed by atoms with Gasteiger partial charge in [0.05, 0.1) is 0 Å². The minimum atomic E-state index is -0.416. The first-order valence-electron chi connectivity index (χ1n) is 5.85. The second kappa shape index (κ2) is 5.73. The molecule has 2 aromatic carbocycles. The molecule has 0 bridgehead atoms. The molecule has 0 saturated heterocycles. The molecule has 3 rings (SSSR count). The van der Waals surface area contributed by atoms with Gasteiger partial charge in [-0.2, -0.15) is 0 Å². The molecular formula is C16H10Cl2Te. The Balaban J connectivity index is 2.08. The summed E-state index contributed by atoms with van der Waals surface area (Å²) < 4.78 is 2.60. The molecule has 0 aliphatic carbocycles. The van der Waals surface area contributed by atoms with Crippen LogP contribution < -0.4 is 0 Å². The molecule has 0 fully saturated rings. The summed E-state index contributed by atoms with van der Waals surface area (Å²) in [6.07, 6.45) is 2.03. The van der Waals surface area contributed by atoms with Crippen molar-refractivity contribution in [3.05, 3.63) is 68.8 Å². The van der Waals surface area contributed by atoms with Gasteiger partial charge >= 0.3 is 132 Å². The standard InChI is InChI=1S/C16H10Cl2Te/c17-13(11-6-2-1-3-7-11)10-15-16(18)12-8-4-5-9-14(12)19-15/h1-10H/b13-10+. The second-order valence-electron chi connectivity index (χ2n) is 4.13. The first kappa shape index (κ1) is 13.3. The van der Waals surface area contributed by atoms with Crippen molar-refractivity contribution in [2.45, 2.75) is 0 Å². The van der Waals surface area contributed by atoms with Gasteiger partial charge < -0.3 is 0 Å². The number of hydrogen-bond donors (Lipinski definition) is 0. The maximum atomic E-state index is 6.45. The molecule has 0 nitrogen and oxygen atoms in total. The molecule has 94 valence electrons. The van der Waals surface area contributed by atoms with E-state index in [2.05, 4.69) is 18.2 Å². The van der Waals surface area contributed by atoms with Crippen LogP contribution in [0.3, 0.4) is 0 Å². The van der Waals surface area contributed by atoms with Crippen molar-refractivity contribution in [1.82, 2.24) is 0 Å². The van der Waals surface area contributed by atoms with Gasteiger partial charge in [0.2, 0.25) is 0 Å². The van der Waals surface area contributed by atoms with E-state index >= 15 is 0 Å². The number of hydrogen-bond acceptors (Lipinski definition) is 0. The fourth-order valence-electron chi connectivity index (χ4n) is 1.92. The van der Waals surface area contributed by atoms with Gasteiger partial charge in [0, 0.05) is 0 Å². The van der Waals surface area contributed by atoms with E-state index in [1.54, 1.807) is 0 Å². The number of benzene rings is 2. The molecule has 0 aliphatic heterocycles. The first-order chi connectivity index (χ1) is 9.25. The summed E-state index contributed by atoms with van der Waals surface area (Å²) in [5.74, 6) is 0. The molecule has 0 N–H and O–H groups in total. The molecular weight excluding hydrogens is 391 g/mol. The van der Waals surface area contributed by atoms with Crippen molar-refractivity contribution < 1.29 is 0 Å². The summed E-state index contributed by atoms with van der Waals surface area (Å²) in [6, 6.07) is 18.3. The number of rotatable bonds is 2. The summed E-state index contributed by atoms with van der Waals surface area (Å²) in [6.45, 7) is 0. The summed E-state index contributed by atoms with van der Waals surface area (Å²) in [5, 5.41) is 2.80. The first-order valence-corrected chi connectivity index (χ1v) is 8.94. The van der Waals surface area contributed by atoms with E-state index < -0.39 is 20.4 Å². The Kier molecular flexibility index (Phi) is 4.01. The van der Waals surface area contributed by atoms with Crippen molar-refractivity contribution in [3.8, 4) is 0 Å². The Bertz CT molecular complexity index is 742. The third-order valence-electron chi connectivity index (χ3n) is 2.87. The van der Waals surface area contributed by atoms with Gasteiger partial charge in [-0.15, -0.1) is 0 Å². The Morgan fingerprint density at radius 3 is 2.37 bits per heavy atom. The van der Waals surface area contributed by atoms with Crippen LogP contribution in [0.5, 0.6) is 0 Å². The Morgan fingerprint density at radius 1 is 0.947 bits per heavy atom. The summed E-state index contributed by atoms with van der Waals surface area (Å²) in [7, 11) is 0. The van der Waals surface area contributed by atoms with Crippen LogP contribution in [-0.2, 0) is 0 Å². The van der Waals surface area contributed by atoms with Crippen molar-refractivity contribution in [2.75, 3.05) is 0 Å². The molecule has 0 radical (unpaired) electrons. The fourth-order valence-corrected chi connectivity index (χ4v) is 5.98. The van der Waals surface area contributed by atoms with E-state index in [1.165, 1.54) is 12.4 Å². The van der Waals surface area contributed by atoms with E-state index in [0.717, 1.165) is 15.6 Å². The van der Waals surface area contributed by atoms with Crippen molar-refractivity contribution in [3.63, 3.8) is 0 Å². The van der Waals surface area contributed by atoms with Crippen LogP contribution in [0.4, 0.5) is 0 Å². The maximum absolute atomic E-state index is 6.45. The average molecular weight is 401 g/mol. The number of halogens is 2. The minimum absolute atomic E-state index is 0.416. The molecule has 3 aromatic rings. The third-order valence-corrected chi connectivity index (χ3v) is 7.14. The van der Waals surface area contributed by atoms with Crippen LogP contribution in [0.15, 0.2) is 54.6 Å². The van der Waals surface area contributed by atoms with Gasteiger partial charge in [-0.1, -0.05) is 0 Å². The van der Waals surface area contributed by atoms with Crippen LogP contribution in [0.25, 0.3) is 19.9 Å². The second-order valence-corrected chi connectivity index (χ2v) is 8.01. The van der Waals surface area contributed by atoms with Gasteiger partial charge in [0.15, 0.2) is 0 Å². The topological polar surface area (TPSA) is 0 Å². The van der Waals surface area contributed by atoms with Gasteiger partial charge in [-0.3, -0.25) is 0 Å². The average Bonchev–Trinajstić information content (AvgIpc) is 2.77. The third kappa shape index (κ3) is 2.76. The van der Waals surface area contributed by atoms with Crippen LogP contribution >= 0.6 is 23.2 Å². The van der Waals surface area contributed by atoms with Crippen LogP contribution in [0.2, 0.25) is 5.02 Å². The van der Waals surface area contributed by atoms with E-state index in [0.29, 0.717) is 0 Å². The van der Waals surface area contributed by atoms with Gasteiger partial charge in [-0.05, 0) is 0 Å². The van der Waals surface area contributed by atoms with E-state index in [-0.39, 0.29) is 0 Å².